The smallest absolute Gasteiger partial charge is 0.141 e. The molecule has 0 saturated heterocycles. The van der Waals surface area contributed by atoms with Crippen LogP contribution in [0.15, 0.2) is 30.6 Å². The molecular formula is C14H16ClFN4. The van der Waals surface area contributed by atoms with Crippen LogP contribution in [0.5, 0.6) is 0 Å². The minimum atomic E-state index is -0.445. The van der Waals surface area contributed by atoms with Gasteiger partial charge < -0.3 is 10.6 Å². The van der Waals surface area contributed by atoms with Gasteiger partial charge in [-0.3, -0.25) is 0 Å². The first-order chi connectivity index (χ1) is 9.58. The Hall–Kier alpha value is -1.88. The first-order valence-electron chi connectivity index (χ1n) is 6.39. The fourth-order valence-corrected chi connectivity index (χ4v) is 1.76. The van der Waals surface area contributed by atoms with Gasteiger partial charge in [0.2, 0.25) is 0 Å². The number of anilines is 3. The van der Waals surface area contributed by atoms with Gasteiger partial charge in [0.25, 0.3) is 0 Å². The molecule has 0 bridgehead atoms. The van der Waals surface area contributed by atoms with E-state index in [9.17, 15) is 4.39 Å². The van der Waals surface area contributed by atoms with E-state index in [0.29, 0.717) is 17.5 Å². The largest absolute Gasteiger partial charge is 0.367 e. The fraction of sp³-hybridized carbons (Fsp3) is 0.286. The van der Waals surface area contributed by atoms with Gasteiger partial charge in [-0.2, -0.15) is 0 Å². The van der Waals surface area contributed by atoms with Crippen molar-refractivity contribution in [1.29, 1.82) is 0 Å². The summed E-state index contributed by atoms with van der Waals surface area (Å²) in [5, 5.41) is 6.39. The Kier molecular flexibility index (Phi) is 4.74. The molecule has 0 aliphatic carbocycles. The molecule has 2 rings (SSSR count). The second kappa shape index (κ2) is 6.52. The third kappa shape index (κ3) is 3.81. The first kappa shape index (κ1) is 14.5. The molecule has 0 aliphatic heterocycles. The lowest BCUT2D eigenvalue weighted by Gasteiger charge is -2.13. The predicted octanol–water partition coefficient (Wildman–Crippen LogP) is 4.22. The maximum Gasteiger partial charge on any atom is 0.141 e. The first-order valence-corrected chi connectivity index (χ1v) is 6.77. The zero-order valence-corrected chi connectivity index (χ0v) is 12.1. The summed E-state index contributed by atoms with van der Waals surface area (Å²) in [6, 6.07) is 6.55. The van der Waals surface area contributed by atoms with Crippen molar-refractivity contribution in [2.24, 2.45) is 0 Å². The van der Waals surface area contributed by atoms with Gasteiger partial charge in [0, 0.05) is 17.8 Å². The minimum absolute atomic E-state index is 0.0713. The van der Waals surface area contributed by atoms with Gasteiger partial charge in [0.05, 0.1) is 5.02 Å². The Morgan fingerprint density at radius 1 is 1.25 bits per heavy atom. The van der Waals surface area contributed by atoms with Crippen molar-refractivity contribution in [3.05, 3.63) is 41.4 Å². The summed E-state index contributed by atoms with van der Waals surface area (Å²) in [6.07, 6.45) is 2.47. The lowest BCUT2D eigenvalue weighted by atomic mass is 10.2. The van der Waals surface area contributed by atoms with Gasteiger partial charge in [-0.25, -0.2) is 14.4 Å². The highest BCUT2D eigenvalue weighted by molar-refractivity contribution is 6.31. The number of hydrogen-bond acceptors (Lipinski definition) is 4. The standard InChI is InChI=1S/C14H16ClFN4/c1-3-9(2)19-13-7-14(18-8-17-13)20-10-4-5-12(16)11(15)6-10/h4-9H,3H2,1-2H3,(H2,17,18,19,20). The summed E-state index contributed by atoms with van der Waals surface area (Å²) in [5.74, 6) is 0.914. The zero-order valence-electron chi connectivity index (χ0n) is 11.3. The second-order valence-corrected chi connectivity index (χ2v) is 4.90. The third-order valence-corrected chi connectivity index (χ3v) is 3.16. The lowest BCUT2D eigenvalue weighted by Crippen LogP contribution is -2.14. The average Bonchev–Trinajstić information content (AvgIpc) is 2.43. The molecule has 1 heterocycles. The third-order valence-electron chi connectivity index (χ3n) is 2.87. The van der Waals surface area contributed by atoms with Crippen molar-refractivity contribution in [2.75, 3.05) is 10.6 Å². The zero-order chi connectivity index (χ0) is 14.5. The molecule has 106 valence electrons. The normalized spacial score (nSPS) is 12.0. The van der Waals surface area contributed by atoms with Gasteiger partial charge in [-0.15, -0.1) is 0 Å². The average molecular weight is 295 g/mol. The summed E-state index contributed by atoms with van der Waals surface area (Å²) >= 11 is 5.74. The van der Waals surface area contributed by atoms with Crippen LogP contribution < -0.4 is 10.6 Å². The highest BCUT2D eigenvalue weighted by atomic mass is 35.5. The van der Waals surface area contributed by atoms with Crippen molar-refractivity contribution in [3.63, 3.8) is 0 Å². The second-order valence-electron chi connectivity index (χ2n) is 4.50. The van der Waals surface area contributed by atoms with Crippen LogP contribution in [0.2, 0.25) is 5.02 Å². The van der Waals surface area contributed by atoms with E-state index < -0.39 is 5.82 Å². The summed E-state index contributed by atoms with van der Waals surface area (Å²) in [6.45, 7) is 4.17. The van der Waals surface area contributed by atoms with E-state index in [1.54, 1.807) is 12.1 Å². The molecular weight excluding hydrogens is 279 g/mol. The minimum Gasteiger partial charge on any atom is -0.367 e. The Labute approximate surface area is 122 Å². The van der Waals surface area contributed by atoms with E-state index in [2.05, 4.69) is 34.4 Å². The van der Waals surface area contributed by atoms with E-state index >= 15 is 0 Å². The highest BCUT2D eigenvalue weighted by Crippen LogP contribution is 2.22. The molecule has 0 radical (unpaired) electrons. The van der Waals surface area contributed by atoms with E-state index in [4.69, 9.17) is 11.6 Å². The number of benzene rings is 1. The Balaban J connectivity index is 2.12. The Morgan fingerprint density at radius 3 is 2.70 bits per heavy atom. The maximum atomic E-state index is 13.1. The molecule has 20 heavy (non-hydrogen) atoms. The molecule has 1 aromatic heterocycles. The number of rotatable bonds is 5. The SMILES string of the molecule is CCC(C)Nc1cc(Nc2ccc(F)c(Cl)c2)ncn1. The van der Waals surface area contributed by atoms with Crippen LogP contribution in [0.3, 0.4) is 0 Å². The molecule has 0 amide bonds. The number of nitrogens with zero attached hydrogens (tertiary/aromatic N) is 2. The van der Waals surface area contributed by atoms with Gasteiger partial charge in [-0.05, 0) is 31.5 Å². The molecule has 0 fully saturated rings. The van der Waals surface area contributed by atoms with Crippen molar-refractivity contribution in [3.8, 4) is 0 Å². The highest BCUT2D eigenvalue weighted by Gasteiger charge is 2.04. The monoisotopic (exact) mass is 294 g/mol. The fourth-order valence-electron chi connectivity index (χ4n) is 1.58. The number of nitrogens with one attached hydrogen (secondary N) is 2. The Bertz CT molecular complexity index is 591. The van der Waals surface area contributed by atoms with Crippen molar-refractivity contribution in [2.45, 2.75) is 26.3 Å². The van der Waals surface area contributed by atoms with Crippen LogP contribution >= 0.6 is 11.6 Å². The van der Waals surface area contributed by atoms with E-state index in [0.717, 1.165) is 12.2 Å². The quantitative estimate of drug-likeness (QED) is 0.867. The summed E-state index contributed by atoms with van der Waals surface area (Å²) in [7, 11) is 0. The molecule has 0 saturated carbocycles. The van der Waals surface area contributed by atoms with Gasteiger partial charge in [0.15, 0.2) is 0 Å². The van der Waals surface area contributed by atoms with Crippen LogP contribution in [0.25, 0.3) is 0 Å². The predicted molar refractivity (Wildman–Crippen MR) is 80.1 cm³/mol. The van der Waals surface area contributed by atoms with Crippen LogP contribution in [0, 0.1) is 5.82 Å². The Morgan fingerprint density at radius 2 is 2.00 bits per heavy atom. The lowest BCUT2D eigenvalue weighted by molar-refractivity contribution is 0.628. The molecule has 0 aliphatic rings. The molecule has 1 aromatic carbocycles. The summed E-state index contributed by atoms with van der Waals surface area (Å²) in [5.41, 5.74) is 0.671. The molecule has 1 atom stereocenters. The van der Waals surface area contributed by atoms with E-state index in [1.165, 1.54) is 18.5 Å². The number of aromatic nitrogens is 2. The van der Waals surface area contributed by atoms with Crippen LogP contribution in [-0.4, -0.2) is 16.0 Å². The van der Waals surface area contributed by atoms with E-state index in [1.807, 2.05) is 0 Å². The van der Waals surface area contributed by atoms with Crippen molar-refractivity contribution >= 4 is 28.9 Å². The van der Waals surface area contributed by atoms with Gasteiger partial charge in [0.1, 0.15) is 23.8 Å². The van der Waals surface area contributed by atoms with Crippen LogP contribution in [0.1, 0.15) is 20.3 Å². The van der Waals surface area contributed by atoms with Crippen molar-refractivity contribution < 1.29 is 4.39 Å². The van der Waals surface area contributed by atoms with E-state index in [-0.39, 0.29) is 5.02 Å². The van der Waals surface area contributed by atoms with Crippen LogP contribution in [-0.2, 0) is 0 Å². The number of halogens is 2. The molecule has 2 aromatic rings. The topological polar surface area (TPSA) is 49.8 Å². The molecule has 2 N–H and O–H groups in total. The maximum absolute atomic E-state index is 13.1. The van der Waals surface area contributed by atoms with Gasteiger partial charge in [-0.1, -0.05) is 18.5 Å². The number of hydrogen-bond donors (Lipinski definition) is 2. The molecule has 4 nitrogen and oxygen atoms in total. The molecule has 0 spiro atoms. The molecule has 1 unspecified atom stereocenters. The molecule has 6 heteroatoms. The van der Waals surface area contributed by atoms with Crippen molar-refractivity contribution in [1.82, 2.24) is 9.97 Å². The summed E-state index contributed by atoms with van der Waals surface area (Å²) < 4.78 is 13.1. The summed E-state index contributed by atoms with van der Waals surface area (Å²) in [4.78, 5) is 8.27. The van der Waals surface area contributed by atoms with Crippen LogP contribution in [0.4, 0.5) is 21.7 Å². The van der Waals surface area contributed by atoms with Gasteiger partial charge >= 0.3 is 0 Å².